The lowest BCUT2D eigenvalue weighted by Crippen LogP contribution is -2.12. The molecule has 4 aromatic heterocycles. The van der Waals surface area contributed by atoms with Gasteiger partial charge in [-0.05, 0) is 112 Å². The third kappa shape index (κ3) is 6.74. The fourth-order valence-corrected chi connectivity index (χ4v) is 8.66. The maximum atomic E-state index is 14.8. The summed E-state index contributed by atoms with van der Waals surface area (Å²) in [4.78, 5) is 26.8. The Morgan fingerprint density at radius 3 is 1.22 bits per heavy atom. The van der Waals surface area contributed by atoms with Crippen LogP contribution in [0.3, 0.4) is 0 Å². The van der Waals surface area contributed by atoms with Crippen molar-refractivity contribution in [2.24, 2.45) is 0 Å². The summed E-state index contributed by atoms with van der Waals surface area (Å²) in [6, 6.07) is 32.4. The molecule has 0 radical (unpaired) electrons. The molecule has 0 spiro atoms. The van der Waals surface area contributed by atoms with Gasteiger partial charge in [-0.15, -0.1) is 0 Å². The Morgan fingerprint density at radius 2 is 0.828 bits per heavy atom. The monoisotopic (exact) mass is 859 g/mol. The van der Waals surface area contributed by atoms with E-state index in [-0.39, 0.29) is 34.1 Å². The van der Waals surface area contributed by atoms with Crippen LogP contribution in [-0.2, 0) is 12.4 Å². The number of benzene rings is 6. The summed E-state index contributed by atoms with van der Waals surface area (Å²) in [5.41, 5.74) is 0.745. The first-order valence-corrected chi connectivity index (χ1v) is 19.9. The Hall–Kier alpha value is -7.99. The summed E-state index contributed by atoms with van der Waals surface area (Å²) in [6.45, 7) is 7.04. The molecule has 0 aliphatic heterocycles. The average molecular weight is 860 g/mol. The quantitative estimate of drug-likeness (QED) is 0.158. The predicted molar refractivity (Wildman–Crippen MR) is 232 cm³/mol. The molecule has 0 amide bonds. The lowest BCUT2D eigenvalue weighted by molar-refractivity contribution is -0.143. The highest BCUT2D eigenvalue weighted by Crippen LogP contribution is 2.46. The van der Waals surface area contributed by atoms with Gasteiger partial charge in [0.25, 0.3) is 0 Å². The molecule has 4 heterocycles. The minimum Gasteiger partial charge on any atom is -0.308 e. The summed E-state index contributed by atoms with van der Waals surface area (Å²) in [7, 11) is 0. The molecule has 0 atom stereocenters. The van der Waals surface area contributed by atoms with E-state index < -0.39 is 23.5 Å². The molecule has 314 valence electrons. The van der Waals surface area contributed by atoms with Crippen LogP contribution in [0.5, 0.6) is 0 Å². The van der Waals surface area contributed by atoms with Crippen molar-refractivity contribution in [1.29, 1.82) is 5.26 Å². The zero-order chi connectivity index (χ0) is 44.8. The van der Waals surface area contributed by atoms with E-state index in [1.165, 1.54) is 12.1 Å². The average Bonchev–Trinajstić information content (AvgIpc) is 3.76. The van der Waals surface area contributed by atoms with Gasteiger partial charge in [0.05, 0.1) is 56.2 Å². The summed E-state index contributed by atoms with van der Waals surface area (Å²) >= 11 is 0. The first-order chi connectivity index (χ1) is 30.5. The molecule has 10 rings (SSSR count). The van der Waals surface area contributed by atoms with Gasteiger partial charge in [-0.25, -0.2) is 29.9 Å². The second-order valence-electron chi connectivity index (χ2n) is 15.5. The Morgan fingerprint density at radius 1 is 0.438 bits per heavy atom. The number of nitriles is 1. The fourth-order valence-electron chi connectivity index (χ4n) is 8.66. The molecule has 0 aliphatic carbocycles. The molecule has 0 unspecified atom stereocenters. The van der Waals surface area contributed by atoms with Crippen LogP contribution < -0.4 is 0 Å². The van der Waals surface area contributed by atoms with Gasteiger partial charge in [0.2, 0.25) is 0 Å². The van der Waals surface area contributed by atoms with Crippen LogP contribution in [0, 0.1) is 39.0 Å². The van der Waals surface area contributed by atoms with Crippen molar-refractivity contribution >= 4 is 43.6 Å². The Balaban J connectivity index is 1.36. The molecule has 0 fully saturated rings. The molecular weight excluding hydrogens is 829 g/mol. The van der Waals surface area contributed by atoms with Crippen LogP contribution >= 0.6 is 0 Å². The van der Waals surface area contributed by atoms with Crippen LogP contribution in [0.2, 0.25) is 0 Å². The first kappa shape index (κ1) is 40.1. The van der Waals surface area contributed by atoms with Gasteiger partial charge < -0.3 is 9.13 Å². The number of hydrogen-bond acceptors (Lipinski definition) is 7. The third-order valence-corrected chi connectivity index (χ3v) is 11.2. The number of nitrogens with zero attached hydrogens (tertiary/aromatic N) is 9. The van der Waals surface area contributed by atoms with E-state index in [0.717, 1.165) is 22.9 Å². The minimum absolute atomic E-state index is 0.0153. The van der Waals surface area contributed by atoms with Crippen molar-refractivity contribution in [3.05, 3.63) is 155 Å². The number of rotatable bonds is 5. The maximum Gasteiger partial charge on any atom is 0.416 e. The van der Waals surface area contributed by atoms with Gasteiger partial charge in [0.1, 0.15) is 23.3 Å². The molecule has 0 saturated carbocycles. The van der Waals surface area contributed by atoms with Crippen molar-refractivity contribution in [3.8, 4) is 51.3 Å². The van der Waals surface area contributed by atoms with E-state index >= 15 is 0 Å². The molecule has 6 aromatic carbocycles. The third-order valence-electron chi connectivity index (χ3n) is 11.2. The lowest BCUT2D eigenvalue weighted by atomic mass is 9.94. The molecule has 64 heavy (non-hydrogen) atoms. The highest BCUT2D eigenvalue weighted by atomic mass is 19.4. The second-order valence-corrected chi connectivity index (χ2v) is 15.5. The number of alkyl halides is 6. The number of para-hydroxylation sites is 2. The number of aromatic nitrogens is 8. The summed E-state index contributed by atoms with van der Waals surface area (Å²) in [6.07, 6.45) is -10.3. The van der Waals surface area contributed by atoms with Gasteiger partial charge >= 0.3 is 12.4 Å². The van der Waals surface area contributed by atoms with Crippen molar-refractivity contribution in [3.63, 3.8) is 0 Å². The van der Waals surface area contributed by atoms with Gasteiger partial charge in [0.15, 0.2) is 11.6 Å². The van der Waals surface area contributed by atoms with Gasteiger partial charge in [0, 0.05) is 38.2 Å². The van der Waals surface area contributed by atoms with Gasteiger partial charge in [-0.1, -0.05) is 36.4 Å². The van der Waals surface area contributed by atoms with Crippen molar-refractivity contribution in [2.45, 2.75) is 40.0 Å². The number of aryl methyl sites for hydroxylation is 4. The van der Waals surface area contributed by atoms with Gasteiger partial charge in [-0.3, -0.25) is 0 Å². The van der Waals surface area contributed by atoms with E-state index in [2.05, 4.69) is 36.0 Å². The van der Waals surface area contributed by atoms with Crippen LogP contribution in [-0.4, -0.2) is 39.0 Å². The van der Waals surface area contributed by atoms with Gasteiger partial charge in [-0.2, -0.15) is 31.6 Å². The van der Waals surface area contributed by atoms with E-state index in [1.54, 1.807) is 61.1 Å². The number of halogens is 6. The zero-order valence-corrected chi connectivity index (χ0v) is 34.3. The lowest BCUT2D eigenvalue weighted by Gasteiger charge is -2.22. The highest BCUT2D eigenvalue weighted by Gasteiger charge is 2.38. The molecule has 9 nitrogen and oxygen atoms in total. The Bertz CT molecular complexity index is 3350. The molecule has 10 aromatic rings. The molecule has 0 aliphatic rings. The molecule has 0 bridgehead atoms. The standard InChI is InChI=1S/C49H31F6N9/c1-25-57-26(2)60-46(59-25)30-13-15-41-37(21-30)35-9-5-7-11-39(35)63(41)43-17-29(24-56)18-44(45(43)32-19-33(48(50,51)52)23-34(20-32)49(53,54)55)64-40-12-8-6-10-36(40)38-22-31(14-16-42(38)64)47-61-27(3)58-28(4)62-47/h5-23H,1-4H3. The van der Waals surface area contributed by atoms with Crippen LogP contribution in [0.15, 0.2) is 115 Å². The Labute approximate surface area is 360 Å². The Kier molecular flexibility index (Phi) is 9.12. The SMILES string of the molecule is Cc1nc(C)nc(-c2ccc3c(c2)c2ccccc2n3-c2cc(C#N)cc(-n3c4ccccc4c4cc(-c5nc(C)nc(C)n5)ccc43)c2-c2cc(C(F)(F)F)cc(C(F)(F)F)c2)n1. The molecular formula is C49H31F6N9. The molecule has 0 N–H and O–H groups in total. The predicted octanol–water partition coefficient (Wildman–Crippen LogP) is 12.4. The van der Waals surface area contributed by atoms with Crippen LogP contribution in [0.4, 0.5) is 26.3 Å². The van der Waals surface area contributed by atoms with Crippen molar-refractivity contribution in [2.75, 3.05) is 0 Å². The number of hydrogen-bond donors (Lipinski definition) is 0. The zero-order valence-electron chi connectivity index (χ0n) is 34.3. The highest BCUT2D eigenvalue weighted by molar-refractivity contribution is 6.13. The topological polar surface area (TPSA) is 111 Å². The summed E-state index contributed by atoms with van der Waals surface area (Å²) in [5, 5.41) is 13.6. The summed E-state index contributed by atoms with van der Waals surface area (Å²) in [5.74, 6) is 2.94. The normalized spacial score (nSPS) is 12.2. The minimum atomic E-state index is -5.15. The van der Waals surface area contributed by atoms with Crippen molar-refractivity contribution in [1.82, 2.24) is 39.0 Å². The smallest absolute Gasteiger partial charge is 0.308 e. The first-order valence-electron chi connectivity index (χ1n) is 19.9. The van der Waals surface area contributed by atoms with Crippen LogP contribution in [0.1, 0.15) is 40.0 Å². The van der Waals surface area contributed by atoms with E-state index in [4.69, 9.17) is 0 Å². The van der Waals surface area contributed by atoms with E-state index in [0.29, 0.717) is 78.9 Å². The molecule has 0 saturated heterocycles. The maximum absolute atomic E-state index is 14.8. The second kappa shape index (κ2) is 14.6. The molecule has 15 heteroatoms. The van der Waals surface area contributed by atoms with E-state index in [9.17, 15) is 31.6 Å². The summed E-state index contributed by atoms with van der Waals surface area (Å²) < 4.78 is 92.1. The van der Waals surface area contributed by atoms with E-state index in [1.807, 2.05) is 60.7 Å². The number of fused-ring (bicyclic) bond motifs is 6. The fraction of sp³-hybridized carbons (Fsp3) is 0.122. The van der Waals surface area contributed by atoms with Crippen molar-refractivity contribution < 1.29 is 26.3 Å². The van der Waals surface area contributed by atoms with Crippen LogP contribution in [0.25, 0.3) is 88.9 Å². The largest absolute Gasteiger partial charge is 0.416 e.